The summed E-state index contributed by atoms with van der Waals surface area (Å²) in [6.07, 6.45) is 1.37. The smallest absolute Gasteiger partial charge is 0.322 e. The first-order chi connectivity index (χ1) is 9.13. The number of carboxylic acids is 1. The molecule has 7 heteroatoms. The van der Waals surface area contributed by atoms with E-state index in [9.17, 15) is 4.79 Å². The summed E-state index contributed by atoms with van der Waals surface area (Å²) in [5, 5.41) is 14.4. The summed E-state index contributed by atoms with van der Waals surface area (Å²) in [5.74, 6) is 0.0935. The maximum Gasteiger partial charge on any atom is 0.322 e. The van der Waals surface area contributed by atoms with E-state index in [1.165, 1.54) is 6.33 Å². The average molecular weight is 323 g/mol. The molecule has 0 aliphatic rings. The van der Waals surface area contributed by atoms with Crippen LogP contribution in [0.4, 0.5) is 17.3 Å². The zero-order chi connectivity index (χ0) is 13.7. The molecule has 0 amide bonds. The predicted octanol–water partition coefficient (Wildman–Crippen LogP) is 2.48. The molecule has 3 N–H and O–H groups in total. The molecule has 6 nitrogen and oxygen atoms in total. The van der Waals surface area contributed by atoms with Gasteiger partial charge >= 0.3 is 5.97 Å². The normalized spacial score (nSPS) is 9.95. The van der Waals surface area contributed by atoms with Crippen molar-refractivity contribution in [3.8, 4) is 0 Å². The number of halogens is 1. The second kappa shape index (κ2) is 6.14. The lowest BCUT2D eigenvalue weighted by Crippen LogP contribution is -2.13. The molecule has 0 radical (unpaired) electrons. The van der Waals surface area contributed by atoms with E-state index in [1.54, 1.807) is 6.07 Å². The molecule has 0 spiro atoms. The number of rotatable bonds is 5. The van der Waals surface area contributed by atoms with Crippen molar-refractivity contribution < 1.29 is 9.90 Å². The van der Waals surface area contributed by atoms with E-state index in [0.717, 1.165) is 10.2 Å². The van der Waals surface area contributed by atoms with Crippen molar-refractivity contribution in [2.75, 3.05) is 17.2 Å². The number of nitrogens with zero attached hydrogens (tertiary/aromatic N) is 2. The molecular weight excluding hydrogens is 312 g/mol. The Hall–Kier alpha value is -2.15. The highest BCUT2D eigenvalue weighted by Crippen LogP contribution is 2.19. The van der Waals surface area contributed by atoms with E-state index in [0.29, 0.717) is 11.6 Å². The molecule has 2 rings (SSSR count). The van der Waals surface area contributed by atoms with Crippen molar-refractivity contribution in [2.24, 2.45) is 0 Å². The molecule has 0 atom stereocenters. The molecule has 0 aliphatic carbocycles. The SMILES string of the molecule is O=C(O)CNc1cc(Nc2cccc(Br)c2)ncn1. The number of carboxylic acid groups (broad SMARTS) is 1. The van der Waals surface area contributed by atoms with Gasteiger partial charge in [0.05, 0.1) is 0 Å². The molecule has 0 bridgehead atoms. The van der Waals surface area contributed by atoms with E-state index in [2.05, 4.69) is 36.5 Å². The highest BCUT2D eigenvalue weighted by atomic mass is 79.9. The van der Waals surface area contributed by atoms with Crippen LogP contribution in [0.5, 0.6) is 0 Å². The first kappa shape index (κ1) is 13.3. The quantitative estimate of drug-likeness (QED) is 0.784. The van der Waals surface area contributed by atoms with Gasteiger partial charge in [0.15, 0.2) is 0 Å². The van der Waals surface area contributed by atoms with Gasteiger partial charge < -0.3 is 15.7 Å². The number of nitrogens with one attached hydrogen (secondary N) is 2. The lowest BCUT2D eigenvalue weighted by atomic mass is 10.3. The van der Waals surface area contributed by atoms with Gasteiger partial charge in [0.2, 0.25) is 0 Å². The van der Waals surface area contributed by atoms with Crippen molar-refractivity contribution in [2.45, 2.75) is 0 Å². The van der Waals surface area contributed by atoms with Crippen LogP contribution in [0.1, 0.15) is 0 Å². The third-order valence-corrected chi connectivity index (χ3v) is 2.68. The minimum atomic E-state index is -0.944. The van der Waals surface area contributed by atoms with Crippen LogP contribution in [0.15, 0.2) is 41.1 Å². The van der Waals surface area contributed by atoms with Gasteiger partial charge in [-0.25, -0.2) is 9.97 Å². The molecule has 0 saturated heterocycles. The third kappa shape index (κ3) is 4.22. The Morgan fingerprint density at radius 3 is 2.79 bits per heavy atom. The van der Waals surface area contributed by atoms with E-state index >= 15 is 0 Å². The molecule has 98 valence electrons. The number of aliphatic carboxylic acids is 1. The van der Waals surface area contributed by atoms with Crippen molar-refractivity contribution in [1.82, 2.24) is 9.97 Å². The number of hydrogen-bond donors (Lipinski definition) is 3. The van der Waals surface area contributed by atoms with Crippen LogP contribution in [0.3, 0.4) is 0 Å². The van der Waals surface area contributed by atoms with E-state index in [1.807, 2.05) is 24.3 Å². The maximum absolute atomic E-state index is 10.5. The second-order valence-corrected chi connectivity index (χ2v) is 4.59. The predicted molar refractivity (Wildman–Crippen MR) is 75.6 cm³/mol. The van der Waals surface area contributed by atoms with Gasteiger partial charge in [-0.1, -0.05) is 22.0 Å². The van der Waals surface area contributed by atoms with Crippen molar-refractivity contribution in [1.29, 1.82) is 0 Å². The van der Waals surface area contributed by atoms with Crippen molar-refractivity contribution >= 4 is 39.2 Å². The lowest BCUT2D eigenvalue weighted by molar-refractivity contribution is -0.134. The highest BCUT2D eigenvalue weighted by Gasteiger charge is 2.01. The monoisotopic (exact) mass is 322 g/mol. The topological polar surface area (TPSA) is 87.1 Å². The van der Waals surface area contributed by atoms with Crippen LogP contribution < -0.4 is 10.6 Å². The molecule has 0 fully saturated rings. The number of benzene rings is 1. The van der Waals surface area contributed by atoms with Gasteiger partial charge in [0.25, 0.3) is 0 Å². The summed E-state index contributed by atoms with van der Waals surface area (Å²) in [4.78, 5) is 18.5. The fourth-order valence-electron chi connectivity index (χ4n) is 1.40. The van der Waals surface area contributed by atoms with Crippen molar-refractivity contribution in [3.63, 3.8) is 0 Å². The van der Waals surface area contributed by atoms with Crippen LogP contribution in [-0.4, -0.2) is 27.6 Å². The summed E-state index contributed by atoms with van der Waals surface area (Å²) < 4.78 is 0.954. The van der Waals surface area contributed by atoms with Crippen LogP contribution >= 0.6 is 15.9 Å². The second-order valence-electron chi connectivity index (χ2n) is 3.67. The Bertz CT molecular complexity index is 591. The number of aromatic nitrogens is 2. The summed E-state index contributed by atoms with van der Waals surface area (Å²) >= 11 is 3.38. The molecule has 19 heavy (non-hydrogen) atoms. The maximum atomic E-state index is 10.5. The van der Waals surface area contributed by atoms with Crippen LogP contribution in [0.25, 0.3) is 0 Å². The van der Waals surface area contributed by atoms with E-state index in [-0.39, 0.29) is 6.54 Å². The van der Waals surface area contributed by atoms with Crippen molar-refractivity contribution in [3.05, 3.63) is 41.1 Å². The largest absolute Gasteiger partial charge is 0.480 e. The number of hydrogen-bond acceptors (Lipinski definition) is 5. The number of anilines is 3. The molecule has 0 saturated carbocycles. The van der Waals surface area contributed by atoms with Crippen LogP contribution in [0.2, 0.25) is 0 Å². The fourth-order valence-corrected chi connectivity index (χ4v) is 1.80. The fraction of sp³-hybridized carbons (Fsp3) is 0.0833. The molecule has 0 aliphatic heterocycles. The summed E-state index contributed by atoms with van der Waals surface area (Å²) in [5.41, 5.74) is 0.872. The van der Waals surface area contributed by atoms with Gasteiger partial charge in [0, 0.05) is 16.2 Å². The minimum absolute atomic E-state index is 0.187. The summed E-state index contributed by atoms with van der Waals surface area (Å²) in [6, 6.07) is 9.27. The Morgan fingerprint density at radius 2 is 2.05 bits per heavy atom. The van der Waals surface area contributed by atoms with Gasteiger partial charge in [-0.15, -0.1) is 0 Å². The standard InChI is InChI=1S/C12H11BrN4O2/c13-8-2-1-3-9(4-8)17-11-5-10(15-7-16-11)14-6-12(18)19/h1-5,7H,6H2,(H,18,19)(H2,14,15,16,17). The Labute approximate surface area is 118 Å². The Balaban J connectivity index is 2.08. The molecule has 0 unspecified atom stereocenters. The third-order valence-electron chi connectivity index (χ3n) is 2.18. The zero-order valence-electron chi connectivity index (χ0n) is 9.80. The molecular formula is C12H11BrN4O2. The average Bonchev–Trinajstić information content (AvgIpc) is 2.37. The molecule has 2 aromatic rings. The van der Waals surface area contributed by atoms with Gasteiger partial charge in [0.1, 0.15) is 24.5 Å². The molecule has 1 aromatic carbocycles. The van der Waals surface area contributed by atoms with Gasteiger partial charge in [-0.05, 0) is 18.2 Å². The highest BCUT2D eigenvalue weighted by molar-refractivity contribution is 9.10. The Morgan fingerprint density at radius 1 is 1.26 bits per heavy atom. The zero-order valence-corrected chi connectivity index (χ0v) is 11.4. The number of carbonyl (C=O) groups is 1. The summed E-state index contributed by atoms with van der Waals surface area (Å²) in [6.45, 7) is -0.187. The molecule has 1 aromatic heterocycles. The van der Waals surface area contributed by atoms with Crippen LogP contribution in [0, 0.1) is 0 Å². The lowest BCUT2D eigenvalue weighted by Gasteiger charge is -2.07. The van der Waals surface area contributed by atoms with Gasteiger partial charge in [-0.2, -0.15) is 0 Å². The van der Waals surface area contributed by atoms with E-state index < -0.39 is 5.97 Å². The first-order valence-corrected chi connectivity index (χ1v) is 6.23. The minimum Gasteiger partial charge on any atom is -0.480 e. The van der Waals surface area contributed by atoms with Gasteiger partial charge in [-0.3, -0.25) is 4.79 Å². The molecule has 1 heterocycles. The van der Waals surface area contributed by atoms with E-state index in [4.69, 9.17) is 5.11 Å². The van der Waals surface area contributed by atoms with Crippen LogP contribution in [-0.2, 0) is 4.79 Å². The summed E-state index contributed by atoms with van der Waals surface area (Å²) in [7, 11) is 0. The Kier molecular flexibility index (Phi) is 4.30. The first-order valence-electron chi connectivity index (χ1n) is 5.44.